The number of ether oxygens (including phenoxy) is 1. The van der Waals surface area contributed by atoms with Gasteiger partial charge >= 0.3 is 0 Å². The van der Waals surface area contributed by atoms with Crippen LogP contribution in [0.25, 0.3) is 0 Å². The Balaban J connectivity index is 1.75. The Morgan fingerprint density at radius 2 is 1.96 bits per heavy atom. The molecule has 0 atom stereocenters. The highest BCUT2D eigenvalue weighted by atomic mass is 19.1. The van der Waals surface area contributed by atoms with Crippen molar-refractivity contribution in [2.75, 3.05) is 7.11 Å². The van der Waals surface area contributed by atoms with Crippen LogP contribution in [0.15, 0.2) is 54.9 Å². The first-order valence-electron chi connectivity index (χ1n) is 8.60. The Morgan fingerprint density at radius 1 is 1.12 bits per heavy atom. The summed E-state index contributed by atoms with van der Waals surface area (Å²) in [4.78, 5) is 4.58. The minimum absolute atomic E-state index is 0.203. The first-order chi connectivity index (χ1) is 12.2. The maximum atomic E-state index is 13.4. The third kappa shape index (κ3) is 4.08. The number of imidazole rings is 1. The number of hydrogen-bond acceptors (Lipinski definition) is 2. The molecule has 0 N–H and O–H groups in total. The molecule has 0 aliphatic carbocycles. The van der Waals surface area contributed by atoms with Crippen molar-refractivity contribution in [2.24, 2.45) is 0 Å². The van der Waals surface area contributed by atoms with Gasteiger partial charge in [0.25, 0.3) is 0 Å². The molecule has 0 aliphatic rings. The SMILES string of the molecule is CCc1c(Cc2cccc(F)c2)ncn1CCc1ccccc1OC. The summed E-state index contributed by atoms with van der Waals surface area (Å²) in [5, 5.41) is 0. The average molecular weight is 338 g/mol. The highest BCUT2D eigenvalue weighted by Crippen LogP contribution is 2.20. The molecule has 2 aromatic carbocycles. The summed E-state index contributed by atoms with van der Waals surface area (Å²) in [6.45, 7) is 2.98. The van der Waals surface area contributed by atoms with Crippen molar-refractivity contribution in [3.63, 3.8) is 0 Å². The summed E-state index contributed by atoms with van der Waals surface area (Å²) in [6.07, 6.45) is 4.33. The van der Waals surface area contributed by atoms with E-state index in [1.54, 1.807) is 19.2 Å². The summed E-state index contributed by atoms with van der Waals surface area (Å²) in [6, 6.07) is 14.8. The molecule has 3 nitrogen and oxygen atoms in total. The summed E-state index contributed by atoms with van der Waals surface area (Å²) in [5.41, 5.74) is 4.37. The highest BCUT2D eigenvalue weighted by Gasteiger charge is 2.11. The van der Waals surface area contributed by atoms with Crippen molar-refractivity contribution in [3.8, 4) is 5.75 Å². The molecule has 3 aromatic rings. The van der Waals surface area contributed by atoms with E-state index in [0.717, 1.165) is 36.4 Å². The fourth-order valence-electron chi connectivity index (χ4n) is 3.19. The predicted octanol–water partition coefficient (Wildman–Crippen LogP) is 4.43. The lowest BCUT2D eigenvalue weighted by Gasteiger charge is -2.11. The minimum Gasteiger partial charge on any atom is -0.496 e. The molecule has 130 valence electrons. The predicted molar refractivity (Wildman–Crippen MR) is 97.5 cm³/mol. The standard InChI is InChI=1S/C21H23FN2O/c1-3-20-19(14-16-7-6-9-18(22)13-16)23-15-24(20)12-11-17-8-4-5-10-21(17)25-2/h4-10,13,15H,3,11-12,14H2,1-2H3. The summed E-state index contributed by atoms with van der Waals surface area (Å²) < 4.78 is 21.0. The van der Waals surface area contributed by atoms with Crippen LogP contribution in [-0.2, 0) is 25.8 Å². The lowest BCUT2D eigenvalue weighted by molar-refractivity contribution is 0.408. The van der Waals surface area contributed by atoms with Crippen molar-refractivity contribution in [2.45, 2.75) is 32.7 Å². The third-order valence-electron chi connectivity index (χ3n) is 4.44. The van der Waals surface area contributed by atoms with Gasteiger partial charge < -0.3 is 9.30 Å². The van der Waals surface area contributed by atoms with Crippen molar-refractivity contribution in [1.82, 2.24) is 9.55 Å². The number of para-hydroxylation sites is 1. The zero-order chi connectivity index (χ0) is 17.6. The topological polar surface area (TPSA) is 27.1 Å². The highest BCUT2D eigenvalue weighted by molar-refractivity contribution is 5.33. The third-order valence-corrected chi connectivity index (χ3v) is 4.44. The van der Waals surface area contributed by atoms with Crippen LogP contribution in [0.3, 0.4) is 0 Å². The number of rotatable bonds is 7. The molecule has 0 unspecified atom stereocenters. The van der Waals surface area contributed by atoms with Crippen LogP contribution in [0.4, 0.5) is 4.39 Å². The van der Waals surface area contributed by atoms with Crippen molar-refractivity contribution in [3.05, 3.63) is 83.2 Å². The van der Waals surface area contributed by atoms with E-state index in [-0.39, 0.29) is 5.82 Å². The number of nitrogens with zero attached hydrogens (tertiary/aromatic N) is 2. The Hall–Kier alpha value is -2.62. The first kappa shape index (κ1) is 17.2. The second-order valence-corrected chi connectivity index (χ2v) is 6.05. The van der Waals surface area contributed by atoms with Gasteiger partial charge in [0, 0.05) is 18.7 Å². The molecule has 0 amide bonds. The number of aromatic nitrogens is 2. The molecular formula is C21H23FN2O. The van der Waals surface area contributed by atoms with Gasteiger partial charge in [0.05, 0.1) is 19.1 Å². The van der Waals surface area contributed by atoms with Crippen LogP contribution >= 0.6 is 0 Å². The van der Waals surface area contributed by atoms with Gasteiger partial charge in [0.15, 0.2) is 0 Å². The first-order valence-corrected chi connectivity index (χ1v) is 8.60. The molecule has 1 aromatic heterocycles. The van der Waals surface area contributed by atoms with Gasteiger partial charge in [-0.05, 0) is 42.2 Å². The van der Waals surface area contributed by atoms with Gasteiger partial charge in [-0.2, -0.15) is 0 Å². The quantitative estimate of drug-likeness (QED) is 0.637. The van der Waals surface area contributed by atoms with Crippen LogP contribution in [0.5, 0.6) is 5.75 Å². The van der Waals surface area contributed by atoms with Gasteiger partial charge in [0.2, 0.25) is 0 Å². The van der Waals surface area contributed by atoms with Crippen LogP contribution in [0.1, 0.15) is 29.4 Å². The second kappa shape index (κ2) is 7.97. The molecule has 0 radical (unpaired) electrons. The Kier molecular flexibility index (Phi) is 5.49. The van der Waals surface area contributed by atoms with Gasteiger partial charge in [-0.3, -0.25) is 0 Å². The fraction of sp³-hybridized carbons (Fsp3) is 0.286. The minimum atomic E-state index is -0.203. The number of hydrogen-bond donors (Lipinski definition) is 0. The molecule has 3 rings (SSSR count). The van der Waals surface area contributed by atoms with Crippen LogP contribution in [0, 0.1) is 5.82 Å². The van der Waals surface area contributed by atoms with Gasteiger partial charge in [-0.1, -0.05) is 37.3 Å². The summed E-state index contributed by atoms with van der Waals surface area (Å²) >= 11 is 0. The van der Waals surface area contributed by atoms with E-state index in [1.807, 2.05) is 30.6 Å². The van der Waals surface area contributed by atoms with Crippen LogP contribution in [0.2, 0.25) is 0 Å². The molecule has 0 spiro atoms. The molecule has 25 heavy (non-hydrogen) atoms. The lowest BCUT2D eigenvalue weighted by Crippen LogP contribution is -2.06. The van der Waals surface area contributed by atoms with Gasteiger partial charge in [-0.25, -0.2) is 9.37 Å². The van der Waals surface area contributed by atoms with E-state index in [1.165, 1.54) is 17.3 Å². The molecule has 0 saturated heterocycles. The largest absolute Gasteiger partial charge is 0.496 e. The Morgan fingerprint density at radius 3 is 2.72 bits per heavy atom. The lowest BCUT2D eigenvalue weighted by atomic mass is 10.1. The van der Waals surface area contributed by atoms with Crippen molar-refractivity contribution < 1.29 is 9.13 Å². The molecule has 0 bridgehead atoms. The average Bonchev–Trinajstić information content (AvgIpc) is 3.01. The Labute approximate surface area is 148 Å². The maximum absolute atomic E-state index is 13.4. The van der Waals surface area contributed by atoms with Crippen molar-refractivity contribution >= 4 is 0 Å². The zero-order valence-electron chi connectivity index (χ0n) is 14.7. The normalized spacial score (nSPS) is 10.8. The number of benzene rings is 2. The monoisotopic (exact) mass is 338 g/mol. The molecule has 0 saturated carbocycles. The van der Waals surface area contributed by atoms with Gasteiger partial charge in [-0.15, -0.1) is 0 Å². The fourth-order valence-corrected chi connectivity index (χ4v) is 3.19. The Bertz CT molecular complexity index is 841. The zero-order valence-corrected chi connectivity index (χ0v) is 14.7. The second-order valence-electron chi connectivity index (χ2n) is 6.05. The smallest absolute Gasteiger partial charge is 0.123 e. The van der Waals surface area contributed by atoms with E-state index in [2.05, 4.69) is 22.5 Å². The van der Waals surface area contributed by atoms with E-state index in [0.29, 0.717) is 6.42 Å². The van der Waals surface area contributed by atoms with Gasteiger partial charge in [0.1, 0.15) is 11.6 Å². The number of methoxy groups -OCH3 is 1. The number of halogens is 1. The number of aryl methyl sites for hydroxylation is 2. The molecule has 1 heterocycles. The summed E-state index contributed by atoms with van der Waals surface area (Å²) in [7, 11) is 1.70. The molecule has 4 heteroatoms. The van der Waals surface area contributed by atoms with Crippen LogP contribution < -0.4 is 4.74 Å². The van der Waals surface area contributed by atoms with E-state index >= 15 is 0 Å². The molecular weight excluding hydrogens is 315 g/mol. The van der Waals surface area contributed by atoms with E-state index < -0.39 is 0 Å². The van der Waals surface area contributed by atoms with Crippen LogP contribution in [-0.4, -0.2) is 16.7 Å². The van der Waals surface area contributed by atoms with E-state index in [9.17, 15) is 4.39 Å². The molecule has 0 fully saturated rings. The maximum Gasteiger partial charge on any atom is 0.123 e. The van der Waals surface area contributed by atoms with Crippen molar-refractivity contribution in [1.29, 1.82) is 0 Å². The van der Waals surface area contributed by atoms with E-state index in [4.69, 9.17) is 4.74 Å². The molecule has 0 aliphatic heterocycles. The summed E-state index contributed by atoms with van der Waals surface area (Å²) in [5.74, 6) is 0.715.